The molecule has 0 saturated carbocycles. The number of nitrogens with zero attached hydrogens (tertiary/aromatic N) is 1. The Morgan fingerprint density at radius 1 is 1.39 bits per heavy atom. The molecular formula is C14H21N3O. The van der Waals surface area contributed by atoms with E-state index in [0.717, 1.165) is 6.54 Å². The van der Waals surface area contributed by atoms with Crippen molar-refractivity contribution in [1.29, 1.82) is 0 Å². The van der Waals surface area contributed by atoms with E-state index in [1.807, 2.05) is 0 Å². The lowest BCUT2D eigenvalue weighted by molar-refractivity contribution is -0.130. The molecule has 18 heavy (non-hydrogen) atoms. The topological polar surface area (TPSA) is 58.4 Å². The van der Waals surface area contributed by atoms with Gasteiger partial charge < -0.3 is 11.1 Å². The fraction of sp³-hybridized carbons (Fsp3) is 0.500. The molecule has 0 spiro atoms. The molecular weight excluding hydrogens is 226 g/mol. The number of nitrogens with one attached hydrogen (secondary N) is 1. The van der Waals surface area contributed by atoms with Gasteiger partial charge in [0.05, 0.1) is 0 Å². The third-order valence-electron chi connectivity index (χ3n) is 3.55. The van der Waals surface area contributed by atoms with Crippen molar-refractivity contribution < 1.29 is 4.79 Å². The Morgan fingerprint density at radius 2 is 2.06 bits per heavy atom. The van der Waals surface area contributed by atoms with Crippen molar-refractivity contribution in [2.24, 2.45) is 5.73 Å². The van der Waals surface area contributed by atoms with Crippen LogP contribution in [0.15, 0.2) is 24.3 Å². The minimum atomic E-state index is -0.213. The lowest BCUT2D eigenvalue weighted by Gasteiger charge is -2.39. The number of hydrogen-bond donors (Lipinski definition) is 2. The van der Waals surface area contributed by atoms with Crippen LogP contribution in [0, 0.1) is 6.92 Å². The lowest BCUT2D eigenvalue weighted by atomic mass is 10.1. The third-order valence-corrected chi connectivity index (χ3v) is 3.55. The SMILES string of the molecule is Cc1ccc(CN2C(C)CNC(=O)C2CN)cc1. The van der Waals surface area contributed by atoms with Crippen molar-refractivity contribution in [2.45, 2.75) is 32.5 Å². The molecule has 4 heteroatoms. The van der Waals surface area contributed by atoms with Crippen molar-refractivity contribution in [2.75, 3.05) is 13.1 Å². The van der Waals surface area contributed by atoms with Gasteiger partial charge in [0.2, 0.25) is 5.91 Å². The van der Waals surface area contributed by atoms with Crippen LogP contribution in [0.5, 0.6) is 0 Å². The highest BCUT2D eigenvalue weighted by molar-refractivity contribution is 5.82. The first kappa shape index (κ1) is 13.1. The Bertz CT molecular complexity index is 416. The van der Waals surface area contributed by atoms with Gasteiger partial charge in [0.15, 0.2) is 0 Å². The molecule has 1 aromatic rings. The molecule has 1 aromatic carbocycles. The van der Waals surface area contributed by atoms with Crippen molar-refractivity contribution in [3.8, 4) is 0 Å². The van der Waals surface area contributed by atoms with Crippen molar-refractivity contribution >= 4 is 5.91 Å². The maximum atomic E-state index is 11.8. The fourth-order valence-electron chi connectivity index (χ4n) is 2.35. The van der Waals surface area contributed by atoms with Gasteiger partial charge in [0.1, 0.15) is 6.04 Å². The van der Waals surface area contributed by atoms with Gasteiger partial charge in [0, 0.05) is 25.7 Å². The first-order valence-electron chi connectivity index (χ1n) is 6.41. The first-order valence-corrected chi connectivity index (χ1v) is 6.41. The summed E-state index contributed by atoms with van der Waals surface area (Å²) in [5.74, 6) is 0.0442. The normalized spacial score (nSPS) is 24.9. The van der Waals surface area contributed by atoms with Crippen molar-refractivity contribution in [3.63, 3.8) is 0 Å². The van der Waals surface area contributed by atoms with E-state index in [4.69, 9.17) is 5.73 Å². The molecule has 4 nitrogen and oxygen atoms in total. The second-order valence-electron chi connectivity index (χ2n) is 5.00. The van der Waals surface area contributed by atoms with Crippen LogP contribution in [-0.2, 0) is 11.3 Å². The van der Waals surface area contributed by atoms with Gasteiger partial charge >= 0.3 is 0 Å². The molecule has 0 aromatic heterocycles. The van der Waals surface area contributed by atoms with Crippen LogP contribution in [0.4, 0.5) is 0 Å². The summed E-state index contributed by atoms with van der Waals surface area (Å²) in [5.41, 5.74) is 8.19. The van der Waals surface area contributed by atoms with E-state index in [1.54, 1.807) is 0 Å². The molecule has 2 unspecified atom stereocenters. The fourth-order valence-corrected chi connectivity index (χ4v) is 2.35. The molecule has 1 heterocycles. The Kier molecular flexibility index (Phi) is 3.99. The summed E-state index contributed by atoms with van der Waals surface area (Å²) < 4.78 is 0. The molecule has 0 aliphatic carbocycles. The highest BCUT2D eigenvalue weighted by Crippen LogP contribution is 2.15. The van der Waals surface area contributed by atoms with Crippen LogP contribution in [0.2, 0.25) is 0 Å². The van der Waals surface area contributed by atoms with E-state index in [0.29, 0.717) is 19.1 Å². The van der Waals surface area contributed by atoms with Gasteiger partial charge in [-0.1, -0.05) is 29.8 Å². The minimum Gasteiger partial charge on any atom is -0.353 e. The van der Waals surface area contributed by atoms with Gasteiger partial charge in [0.25, 0.3) is 0 Å². The van der Waals surface area contributed by atoms with Gasteiger partial charge in [-0.25, -0.2) is 0 Å². The highest BCUT2D eigenvalue weighted by atomic mass is 16.2. The predicted molar refractivity (Wildman–Crippen MR) is 72.0 cm³/mol. The summed E-state index contributed by atoms with van der Waals surface area (Å²) in [4.78, 5) is 14.0. The van der Waals surface area contributed by atoms with E-state index in [2.05, 4.69) is 48.3 Å². The van der Waals surface area contributed by atoms with Crippen LogP contribution >= 0.6 is 0 Å². The number of carbonyl (C=O) groups excluding carboxylic acids is 1. The second-order valence-corrected chi connectivity index (χ2v) is 5.00. The van der Waals surface area contributed by atoms with Crippen LogP contribution < -0.4 is 11.1 Å². The molecule has 98 valence electrons. The summed E-state index contributed by atoms with van der Waals surface area (Å²) in [7, 11) is 0. The Balaban J connectivity index is 2.13. The van der Waals surface area contributed by atoms with Gasteiger partial charge in [-0.15, -0.1) is 0 Å². The number of aryl methyl sites for hydroxylation is 1. The Hall–Kier alpha value is -1.39. The van der Waals surface area contributed by atoms with Crippen LogP contribution in [0.25, 0.3) is 0 Å². The zero-order chi connectivity index (χ0) is 13.1. The van der Waals surface area contributed by atoms with E-state index in [9.17, 15) is 4.79 Å². The number of benzene rings is 1. The number of nitrogens with two attached hydrogens (primary N) is 1. The maximum absolute atomic E-state index is 11.8. The lowest BCUT2D eigenvalue weighted by Crippen LogP contribution is -2.61. The molecule has 1 amide bonds. The number of rotatable bonds is 3. The highest BCUT2D eigenvalue weighted by Gasteiger charge is 2.32. The summed E-state index contributed by atoms with van der Waals surface area (Å²) in [6.45, 7) is 6.03. The molecule has 2 rings (SSSR count). The van der Waals surface area contributed by atoms with Gasteiger partial charge in [-0.2, -0.15) is 0 Å². The monoisotopic (exact) mass is 247 g/mol. The summed E-state index contributed by atoms with van der Waals surface area (Å²) in [6.07, 6.45) is 0. The average molecular weight is 247 g/mol. The zero-order valence-electron chi connectivity index (χ0n) is 11.0. The number of piperazine rings is 1. The van der Waals surface area contributed by atoms with Gasteiger partial charge in [-0.05, 0) is 19.4 Å². The molecule has 0 bridgehead atoms. The Labute approximate surface area is 108 Å². The molecule has 1 aliphatic heterocycles. The largest absolute Gasteiger partial charge is 0.353 e. The molecule has 1 aliphatic rings. The summed E-state index contributed by atoms with van der Waals surface area (Å²) in [5, 5.41) is 2.90. The van der Waals surface area contributed by atoms with E-state index < -0.39 is 0 Å². The first-order chi connectivity index (χ1) is 8.61. The molecule has 0 radical (unpaired) electrons. The quantitative estimate of drug-likeness (QED) is 0.824. The minimum absolute atomic E-state index is 0.0442. The standard InChI is InChI=1S/C14H21N3O/c1-10-3-5-12(6-4-10)9-17-11(2)8-16-14(18)13(17)7-15/h3-6,11,13H,7-9,15H2,1-2H3,(H,16,18). The number of amides is 1. The zero-order valence-corrected chi connectivity index (χ0v) is 11.0. The molecule has 1 fully saturated rings. The average Bonchev–Trinajstić information content (AvgIpc) is 2.37. The van der Waals surface area contributed by atoms with E-state index in [1.165, 1.54) is 11.1 Å². The van der Waals surface area contributed by atoms with Crippen molar-refractivity contribution in [3.05, 3.63) is 35.4 Å². The molecule has 1 saturated heterocycles. The second kappa shape index (κ2) is 5.50. The number of carbonyl (C=O) groups is 1. The smallest absolute Gasteiger partial charge is 0.238 e. The molecule has 2 atom stereocenters. The van der Waals surface area contributed by atoms with E-state index in [-0.39, 0.29) is 11.9 Å². The van der Waals surface area contributed by atoms with Crippen LogP contribution in [-0.4, -0.2) is 36.0 Å². The Morgan fingerprint density at radius 3 is 2.67 bits per heavy atom. The van der Waals surface area contributed by atoms with E-state index >= 15 is 0 Å². The van der Waals surface area contributed by atoms with Gasteiger partial charge in [-0.3, -0.25) is 9.69 Å². The summed E-state index contributed by atoms with van der Waals surface area (Å²) >= 11 is 0. The number of hydrogen-bond acceptors (Lipinski definition) is 3. The van der Waals surface area contributed by atoms with Crippen LogP contribution in [0.1, 0.15) is 18.1 Å². The summed E-state index contributed by atoms with van der Waals surface area (Å²) in [6, 6.07) is 8.53. The third kappa shape index (κ3) is 2.71. The molecule has 3 N–H and O–H groups in total. The predicted octanol–water partition coefficient (Wildman–Crippen LogP) is 0.643. The van der Waals surface area contributed by atoms with Crippen LogP contribution in [0.3, 0.4) is 0 Å². The maximum Gasteiger partial charge on any atom is 0.238 e. The van der Waals surface area contributed by atoms with Crippen molar-refractivity contribution in [1.82, 2.24) is 10.2 Å².